The normalized spacial score (nSPS) is 25.4. The van der Waals surface area contributed by atoms with Gasteiger partial charge < -0.3 is 23.8 Å². The number of carbonyl (C=O) groups excluding carboxylic acids is 1. The summed E-state index contributed by atoms with van der Waals surface area (Å²) in [7, 11) is 3.59. The van der Waals surface area contributed by atoms with Gasteiger partial charge in [0.2, 0.25) is 0 Å². The van der Waals surface area contributed by atoms with Crippen LogP contribution in [0.4, 0.5) is 0 Å². The van der Waals surface area contributed by atoms with Gasteiger partial charge in [-0.2, -0.15) is 0 Å². The molecule has 1 fully saturated rings. The lowest BCUT2D eigenvalue weighted by Crippen LogP contribution is -2.38. The molecular weight excluding hydrogens is 520 g/mol. The molecule has 0 saturated carbocycles. The van der Waals surface area contributed by atoms with Crippen molar-refractivity contribution in [2.24, 2.45) is 0 Å². The summed E-state index contributed by atoms with van der Waals surface area (Å²) in [4.78, 5) is 37.2. The first kappa shape index (κ1) is 29.8. The minimum absolute atomic E-state index is 0.0591. The molecule has 2 heterocycles. The molecule has 1 saturated heterocycles. The second-order valence-corrected chi connectivity index (χ2v) is 10.8. The number of aliphatic hydroxyl groups is 1. The molecule has 0 spiro atoms. The second kappa shape index (κ2) is 12.9. The zero-order valence-corrected chi connectivity index (χ0v) is 22.2. The monoisotopic (exact) mass is 551 g/mol. The van der Waals surface area contributed by atoms with Crippen molar-refractivity contribution in [3.05, 3.63) is 63.4 Å². The lowest BCUT2D eigenvalue weighted by molar-refractivity contribution is -0.148. The van der Waals surface area contributed by atoms with Crippen LogP contribution >= 0.6 is 7.75 Å². The largest absolute Gasteiger partial charge is 0.462 e. The van der Waals surface area contributed by atoms with Crippen molar-refractivity contribution >= 4 is 21.6 Å². The third-order valence-electron chi connectivity index (χ3n) is 5.79. The Balaban J connectivity index is 1.70. The number of hydrogen-bond donors (Lipinski definition) is 3. The topological polar surface area (TPSA) is 167 Å². The second-order valence-electron chi connectivity index (χ2n) is 9.08. The number of aromatic nitrogens is 2. The Bertz CT molecular complexity index is 1240. The number of carbonyl (C=O) groups is 1. The fourth-order valence-electron chi connectivity index (χ4n) is 3.73. The first-order valence-electron chi connectivity index (χ1n) is 11.8. The highest BCUT2D eigenvalue weighted by atomic mass is 31.2. The number of rotatable bonds is 13. The lowest BCUT2D eigenvalue weighted by atomic mass is 9.63. The van der Waals surface area contributed by atoms with E-state index in [2.05, 4.69) is 10.1 Å². The van der Waals surface area contributed by atoms with Gasteiger partial charge in [0.15, 0.2) is 0 Å². The molecule has 0 aliphatic carbocycles. The average molecular weight is 551 g/mol. The van der Waals surface area contributed by atoms with Crippen molar-refractivity contribution in [3.8, 4) is 5.75 Å². The number of methoxy groups -OCH3 is 1. The number of H-pyrrole nitrogens is 1. The van der Waals surface area contributed by atoms with Crippen molar-refractivity contribution in [2.45, 2.75) is 50.1 Å². The number of aromatic amines is 1. The van der Waals surface area contributed by atoms with E-state index in [1.165, 1.54) is 23.9 Å². The van der Waals surface area contributed by atoms with Crippen LogP contribution in [0.3, 0.4) is 0 Å². The SMILES string of the molecule is [B][C@@]1(C)C(Cn2ccc(=O)[nH]c2=O)O[C@H](COP(=O)(N[C@@H](C)COC(=O)COC)Oc2ccccc2)[C@H]1O. The summed E-state index contributed by atoms with van der Waals surface area (Å²) in [5.74, 6) is -0.350. The standard InChI is InChI=1S/C23H31BN3O10P/c1-15(12-34-20(29)14-33-3)26-38(32,37-16-7-5-4-6-8-16)35-13-17-21(30)23(2,24)18(36-17)11-27-10-9-19(28)25-22(27)31/h4-10,15,17-18,21,30H,11-14H2,1-3H3,(H,26,32)(H,25,28,31)/t15-,17+,18?,21+,23-,38?/m0/s1. The zero-order chi connectivity index (χ0) is 27.9. The van der Waals surface area contributed by atoms with Crippen molar-refractivity contribution in [1.29, 1.82) is 0 Å². The molecule has 1 aliphatic heterocycles. The van der Waals surface area contributed by atoms with Crippen molar-refractivity contribution < 1.29 is 37.7 Å². The van der Waals surface area contributed by atoms with Gasteiger partial charge in [0.25, 0.3) is 5.56 Å². The van der Waals surface area contributed by atoms with E-state index in [0.717, 1.165) is 0 Å². The molecule has 3 N–H and O–H groups in total. The molecule has 3 rings (SSSR count). The number of para-hydroxylation sites is 1. The van der Waals surface area contributed by atoms with Gasteiger partial charge in [0.05, 0.1) is 33.2 Å². The van der Waals surface area contributed by atoms with Gasteiger partial charge in [0, 0.05) is 25.4 Å². The van der Waals surface area contributed by atoms with E-state index >= 15 is 0 Å². The summed E-state index contributed by atoms with van der Waals surface area (Å²) in [6.07, 6.45) is -1.85. The van der Waals surface area contributed by atoms with Gasteiger partial charge in [-0.3, -0.25) is 18.9 Å². The van der Waals surface area contributed by atoms with Crippen LogP contribution in [0, 0.1) is 0 Å². The van der Waals surface area contributed by atoms with Crippen LogP contribution in [0.1, 0.15) is 13.8 Å². The first-order chi connectivity index (χ1) is 17.9. The minimum atomic E-state index is -4.09. The van der Waals surface area contributed by atoms with Gasteiger partial charge in [-0.1, -0.05) is 25.1 Å². The van der Waals surface area contributed by atoms with E-state index in [-0.39, 0.29) is 25.5 Å². The van der Waals surface area contributed by atoms with E-state index in [1.807, 2.05) is 0 Å². The highest BCUT2D eigenvalue weighted by Gasteiger charge is 2.50. The number of aliphatic hydroxyl groups excluding tert-OH is 1. The quantitative estimate of drug-likeness (QED) is 0.179. The molecule has 6 atom stereocenters. The maximum Gasteiger partial charge on any atom is 0.459 e. The Labute approximate surface area is 220 Å². The molecule has 0 amide bonds. The van der Waals surface area contributed by atoms with Gasteiger partial charge in [-0.15, -0.1) is 0 Å². The number of benzene rings is 1. The van der Waals surface area contributed by atoms with Crippen LogP contribution in [-0.4, -0.2) is 79.8 Å². The molecule has 1 aromatic heterocycles. The molecule has 2 aromatic rings. The molecule has 2 radical (unpaired) electrons. The number of ether oxygens (including phenoxy) is 3. The van der Waals surface area contributed by atoms with Crippen LogP contribution < -0.4 is 20.9 Å². The van der Waals surface area contributed by atoms with Crippen LogP contribution in [0.15, 0.2) is 52.2 Å². The van der Waals surface area contributed by atoms with Crippen LogP contribution in [0.5, 0.6) is 5.75 Å². The number of nitrogens with one attached hydrogen (secondary N) is 2. The summed E-state index contributed by atoms with van der Waals surface area (Å²) in [6, 6.07) is 8.80. The maximum atomic E-state index is 13.7. The number of hydrogen-bond acceptors (Lipinski definition) is 10. The fraction of sp³-hybridized carbons (Fsp3) is 0.522. The molecule has 1 aromatic carbocycles. The Kier molecular flexibility index (Phi) is 10.1. The van der Waals surface area contributed by atoms with E-state index in [0.29, 0.717) is 0 Å². The third-order valence-corrected chi connectivity index (χ3v) is 7.49. The first-order valence-corrected chi connectivity index (χ1v) is 13.3. The third kappa shape index (κ3) is 7.89. The smallest absolute Gasteiger partial charge is 0.459 e. The van der Waals surface area contributed by atoms with E-state index in [1.54, 1.807) is 44.2 Å². The zero-order valence-electron chi connectivity index (χ0n) is 21.3. The molecular formula is C23H31BN3O10P. The van der Waals surface area contributed by atoms with Crippen LogP contribution in [0.25, 0.3) is 0 Å². The summed E-state index contributed by atoms with van der Waals surface area (Å²) < 4.78 is 41.8. The highest BCUT2D eigenvalue weighted by Crippen LogP contribution is 2.48. The molecule has 2 unspecified atom stereocenters. The fourth-order valence-corrected chi connectivity index (χ4v) is 5.26. The average Bonchev–Trinajstić information content (AvgIpc) is 3.07. The van der Waals surface area contributed by atoms with Gasteiger partial charge in [-0.05, 0) is 24.4 Å². The van der Waals surface area contributed by atoms with Gasteiger partial charge in [-0.25, -0.2) is 19.2 Å². The Morgan fingerprint density at radius 1 is 1.32 bits per heavy atom. The van der Waals surface area contributed by atoms with E-state index < -0.39 is 61.2 Å². The molecule has 0 bridgehead atoms. The van der Waals surface area contributed by atoms with E-state index in [4.69, 9.17) is 31.1 Å². The number of esters is 1. The van der Waals surface area contributed by atoms with Crippen molar-refractivity contribution in [2.75, 3.05) is 26.9 Å². The Morgan fingerprint density at radius 2 is 2.03 bits per heavy atom. The highest BCUT2D eigenvalue weighted by molar-refractivity contribution is 7.52. The predicted molar refractivity (Wildman–Crippen MR) is 136 cm³/mol. The lowest BCUT2D eigenvalue weighted by Gasteiger charge is -2.29. The number of nitrogens with zero attached hydrogens (tertiary/aromatic N) is 1. The van der Waals surface area contributed by atoms with Gasteiger partial charge in [0.1, 0.15) is 25.1 Å². The Hall–Kier alpha value is -2.74. The maximum absolute atomic E-state index is 13.7. The molecule has 15 heteroatoms. The molecule has 206 valence electrons. The summed E-state index contributed by atoms with van der Waals surface area (Å²) >= 11 is 0. The summed E-state index contributed by atoms with van der Waals surface area (Å²) in [5.41, 5.74) is -1.21. The minimum Gasteiger partial charge on any atom is -0.462 e. The molecule has 38 heavy (non-hydrogen) atoms. The molecule has 1 aliphatic rings. The Morgan fingerprint density at radius 3 is 2.68 bits per heavy atom. The van der Waals surface area contributed by atoms with Crippen LogP contribution in [0.2, 0.25) is 5.31 Å². The van der Waals surface area contributed by atoms with E-state index in [9.17, 15) is 24.1 Å². The predicted octanol–water partition coefficient (Wildman–Crippen LogP) is 0.383. The molecule has 13 nitrogen and oxygen atoms in total. The van der Waals surface area contributed by atoms with Crippen LogP contribution in [-0.2, 0) is 34.6 Å². The summed E-state index contributed by atoms with van der Waals surface area (Å²) in [5, 5.41) is 12.2. The van der Waals surface area contributed by atoms with Crippen molar-refractivity contribution in [3.63, 3.8) is 0 Å². The van der Waals surface area contributed by atoms with Crippen molar-refractivity contribution in [1.82, 2.24) is 14.6 Å². The van der Waals surface area contributed by atoms with Gasteiger partial charge >= 0.3 is 19.4 Å². The summed E-state index contributed by atoms with van der Waals surface area (Å²) in [6.45, 7) is 2.33.